The van der Waals surface area contributed by atoms with E-state index in [1.165, 1.54) is 42.3 Å². The van der Waals surface area contributed by atoms with E-state index in [9.17, 15) is 13.6 Å². The van der Waals surface area contributed by atoms with Gasteiger partial charge in [0.05, 0.1) is 11.4 Å². The number of nitrogens with zero attached hydrogens (tertiary/aromatic N) is 1. The summed E-state index contributed by atoms with van der Waals surface area (Å²) in [6, 6.07) is 10.3. The second-order valence-corrected chi connectivity index (χ2v) is 4.36. The van der Waals surface area contributed by atoms with Gasteiger partial charge < -0.3 is 10.0 Å². The molecule has 0 saturated heterocycles. The van der Waals surface area contributed by atoms with Gasteiger partial charge in [0.25, 0.3) is 0 Å². The molecule has 0 spiro atoms. The Morgan fingerprint density at radius 3 is 2.43 bits per heavy atom. The number of carbonyl (C=O) groups is 1. The van der Waals surface area contributed by atoms with Crippen molar-refractivity contribution in [3.8, 4) is 0 Å². The molecular weight excluding hydrogens is 276 g/mol. The number of para-hydroxylation sites is 2. The number of halogens is 2. The van der Waals surface area contributed by atoms with Crippen LogP contribution < -0.4 is 4.90 Å². The Balaban J connectivity index is 2.52. The van der Waals surface area contributed by atoms with Crippen LogP contribution in [0.25, 0.3) is 6.08 Å². The fourth-order valence-electron chi connectivity index (χ4n) is 2.03. The van der Waals surface area contributed by atoms with Gasteiger partial charge in [-0.15, -0.1) is 0 Å². The summed E-state index contributed by atoms with van der Waals surface area (Å²) in [5.74, 6) is -2.19. The SMILES string of the molecule is CN(c1ccccc1F)c1c(F)cccc1/C=C/C(=O)O. The summed E-state index contributed by atoms with van der Waals surface area (Å²) in [6.45, 7) is 0. The maximum Gasteiger partial charge on any atom is 0.328 e. The second-order valence-electron chi connectivity index (χ2n) is 4.36. The first kappa shape index (κ1) is 14.7. The summed E-state index contributed by atoms with van der Waals surface area (Å²) in [5.41, 5.74) is 0.663. The van der Waals surface area contributed by atoms with Gasteiger partial charge in [-0.3, -0.25) is 0 Å². The number of carboxylic acid groups (broad SMARTS) is 1. The third-order valence-corrected chi connectivity index (χ3v) is 2.97. The topological polar surface area (TPSA) is 40.5 Å². The minimum atomic E-state index is -1.14. The largest absolute Gasteiger partial charge is 0.478 e. The van der Waals surface area contributed by atoms with Crippen molar-refractivity contribution >= 4 is 23.4 Å². The number of carboxylic acids is 1. The van der Waals surface area contributed by atoms with Crippen molar-refractivity contribution in [3.63, 3.8) is 0 Å². The van der Waals surface area contributed by atoms with Crippen molar-refractivity contribution < 1.29 is 18.7 Å². The smallest absolute Gasteiger partial charge is 0.328 e. The van der Waals surface area contributed by atoms with Crippen LogP contribution in [0, 0.1) is 11.6 Å². The molecule has 0 amide bonds. The minimum Gasteiger partial charge on any atom is -0.478 e. The number of hydrogen-bond acceptors (Lipinski definition) is 2. The first-order chi connectivity index (χ1) is 10.0. The molecular formula is C16H13F2NO2. The zero-order chi connectivity index (χ0) is 15.4. The van der Waals surface area contributed by atoms with E-state index >= 15 is 0 Å². The molecule has 0 aliphatic rings. The molecule has 5 heteroatoms. The van der Waals surface area contributed by atoms with Gasteiger partial charge in [0.1, 0.15) is 11.6 Å². The Morgan fingerprint density at radius 2 is 1.76 bits per heavy atom. The van der Waals surface area contributed by atoms with E-state index in [4.69, 9.17) is 5.11 Å². The lowest BCUT2D eigenvalue weighted by atomic mass is 10.1. The Labute approximate surface area is 120 Å². The molecule has 1 N–H and O–H groups in total. The van der Waals surface area contributed by atoms with Gasteiger partial charge in [-0.25, -0.2) is 13.6 Å². The summed E-state index contributed by atoms with van der Waals surface area (Å²) in [4.78, 5) is 12.0. The third-order valence-electron chi connectivity index (χ3n) is 2.97. The number of anilines is 2. The summed E-state index contributed by atoms with van der Waals surface area (Å²) in [5, 5.41) is 8.68. The fourth-order valence-corrected chi connectivity index (χ4v) is 2.03. The summed E-state index contributed by atoms with van der Waals surface area (Å²) in [6.07, 6.45) is 2.19. The van der Waals surface area contributed by atoms with Crippen LogP contribution in [0.5, 0.6) is 0 Å². The molecule has 0 radical (unpaired) electrons. The van der Waals surface area contributed by atoms with Crippen molar-refractivity contribution in [2.45, 2.75) is 0 Å². The zero-order valence-corrected chi connectivity index (χ0v) is 11.3. The minimum absolute atomic E-state index is 0.111. The molecule has 2 rings (SSSR count). The fraction of sp³-hybridized carbons (Fsp3) is 0.0625. The van der Waals surface area contributed by atoms with Crippen molar-refractivity contribution in [3.05, 3.63) is 65.7 Å². The molecule has 0 heterocycles. The molecule has 108 valence electrons. The lowest BCUT2D eigenvalue weighted by Crippen LogP contribution is -2.14. The monoisotopic (exact) mass is 289 g/mol. The molecule has 0 fully saturated rings. The van der Waals surface area contributed by atoms with Gasteiger partial charge in [-0.1, -0.05) is 24.3 Å². The van der Waals surface area contributed by atoms with E-state index in [0.29, 0.717) is 5.56 Å². The standard InChI is InChI=1S/C16H13F2NO2/c1-19(14-8-3-2-6-12(14)17)16-11(9-10-15(20)21)5-4-7-13(16)18/h2-10H,1H3,(H,20,21)/b10-9+. The van der Waals surface area contributed by atoms with E-state index in [2.05, 4.69) is 0 Å². The van der Waals surface area contributed by atoms with Crippen LogP contribution in [0.1, 0.15) is 5.56 Å². The molecule has 0 aromatic heterocycles. The highest BCUT2D eigenvalue weighted by molar-refractivity contribution is 5.87. The second kappa shape index (κ2) is 6.17. The molecule has 0 bridgehead atoms. The Bertz CT molecular complexity index is 698. The van der Waals surface area contributed by atoms with Crippen LogP contribution in [0.15, 0.2) is 48.5 Å². The number of hydrogen-bond donors (Lipinski definition) is 1. The quantitative estimate of drug-likeness (QED) is 0.870. The van der Waals surface area contributed by atoms with E-state index in [0.717, 1.165) is 6.08 Å². The van der Waals surface area contributed by atoms with Crippen molar-refractivity contribution in [1.82, 2.24) is 0 Å². The number of benzene rings is 2. The van der Waals surface area contributed by atoms with Gasteiger partial charge >= 0.3 is 5.97 Å². The molecule has 21 heavy (non-hydrogen) atoms. The van der Waals surface area contributed by atoms with Crippen LogP contribution in [0.2, 0.25) is 0 Å². The normalized spacial score (nSPS) is 10.8. The van der Waals surface area contributed by atoms with Gasteiger partial charge in [0.2, 0.25) is 0 Å². The lowest BCUT2D eigenvalue weighted by molar-refractivity contribution is -0.131. The average molecular weight is 289 g/mol. The molecule has 0 aliphatic heterocycles. The van der Waals surface area contributed by atoms with Crippen LogP contribution in [0.4, 0.5) is 20.2 Å². The van der Waals surface area contributed by atoms with Gasteiger partial charge in [0, 0.05) is 18.7 Å². The molecule has 0 aliphatic carbocycles. The van der Waals surface area contributed by atoms with Gasteiger partial charge in [-0.05, 0) is 24.3 Å². The molecule has 0 atom stereocenters. The number of aliphatic carboxylic acids is 1. The van der Waals surface area contributed by atoms with Crippen LogP contribution >= 0.6 is 0 Å². The lowest BCUT2D eigenvalue weighted by Gasteiger charge is -2.22. The maximum atomic E-state index is 14.1. The zero-order valence-electron chi connectivity index (χ0n) is 11.3. The molecule has 3 nitrogen and oxygen atoms in total. The average Bonchev–Trinajstić information content (AvgIpc) is 2.45. The van der Waals surface area contributed by atoms with E-state index in [-0.39, 0.29) is 11.4 Å². The van der Waals surface area contributed by atoms with Crippen molar-refractivity contribution in [2.24, 2.45) is 0 Å². The summed E-state index contributed by atoms with van der Waals surface area (Å²) in [7, 11) is 1.52. The van der Waals surface area contributed by atoms with Crippen LogP contribution in [-0.4, -0.2) is 18.1 Å². The molecule has 0 unspecified atom stereocenters. The number of rotatable bonds is 4. The highest BCUT2D eigenvalue weighted by Crippen LogP contribution is 2.32. The van der Waals surface area contributed by atoms with E-state index in [1.54, 1.807) is 18.2 Å². The summed E-state index contributed by atoms with van der Waals surface area (Å²) >= 11 is 0. The maximum absolute atomic E-state index is 14.1. The predicted octanol–water partition coefficient (Wildman–Crippen LogP) is 3.83. The van der Waals surface area contributed by atoms with Gasteiger partial charge in [0.15, 0.2) is 0 Å². The first-order valence-electron chi connectivity index (χ1n) is 6.18. The van der Waals surface area contributed by atoms with E-state index < -0.39 is 17.6 Å². The first-order valence-corrected chi connectivity index (χ1v) is 6.18. The van der Waals surface area contributed by atoms with Crippen LogP contribution in [-0.2, 0) is 4.79 Å². The Kier molecular flexibility index (Phi) is 4.33. The molecule has 2 aromatic carbocycles. The van der Waals surface area contributed by atoms with Gasteiger partial charge in [-0.2, -0.15) is 0 Å². The predicted molar refractivity (Wildman–Crippen MR) is 77.5 cm³/mol. The Hall–Kier alpha value is -2.69. The Morgan fingerprint density at radius 1 is 1.10 bits per heavy atom. The summed E-state index contributed by atoms with van der Waals surface area (Å²) < 4.78 is 27.9. The van der Waals surface area contributed by atoms with E-state index in [1.807, 2.05) is 0 Å². The van der Waals surface area contributed by atoms with Crippen LogP contribution in [0.3, 0.4) is 0 Å². The third kappa shape index (κ3) is 3.25. The highest BCUT2D eigenvalue weighted by atomic mass is 19.1. The molecule has 2 aromatic rings. The molecule has 0 saturated carbocycles. The van der Waals surface area contributed by atoms with Crippen molar-refractivity contribution in [1.29, 1.82) is 0 Å². The highest BCUT2D eigenvalue weighted by Gasteiger charge is 2.15. The van der Waals surface area contributed by atoms with Crippen molar-refractivity contribution in [2.75, 3.05) is 11.9 Å².